The maximum absolute atomic E-state index is 12.9. The van der Waals surface area contributed by atoms with E-state index in [1.165, 1.54) is 109 Å². The van der Waals surface area contributed by atoms with Crippen LogP contribution in [-0.4, -0.2) is 37.2 Å². The molecule has 0 aromatic rings. The molecule has 460 valence electrons. The van der Waals surface area contributed by atoms with Crippen molar-refractivity contribution < 1.29 is 28.6 Å². The number of rotatable bonds is 60. The van der Waals surface area contributed by atoms with Crippen LogP contribution in [0.5, 0.6) is 0 Å². The summed E-state index contributed by atoms with van der Waals surface area (Å²) in [4.78, 5) is 38.4. The van der Waals surface area contributed by atoms with Gasteiger partial charge in [0.2, 0.25) is 0 Å². The van der Waals surface area contributed by atoms with Gasteiger partial charge in [0.15, 0.2) is 6.10 Å². The molecule has 6 heteroatoms. The molecule has 0 aliphatic rings. The lowest BCUT2D eigenvalue weighted by molar-refractivity contribution is -0.167. The molecule has 0 aliphatic heterocycles. The topological polar surface area (TPSA) is 78.9 Å². The highest BCUT2D eigenvalue weighted by molar-refractivity contribution is 5.71. The number of hydrogen-bond acceptors (Lipinski definition) is 6. The van der Waals surface area contributed by atoms with Gasteiger partial charge < -0.3 is 14.2 Å². The molecule has 0 spiro atoms. The van der Waals surface area contributed by atoms with Gasteiger partial charge in [-0.15, -0.1) is 0 Å². The molecule has 0 radical (unpaired) electrons. The number of ether oxygens (including phenoxy) is 3. The summed E-state index contributed by atoms with van der Waals surface area (Å²) in [7, 11) is 0. The average Bonchev–Trinajstić information content (AvgIpc) is 3.47. The first-order chi connectivity index (χ1) is 40.0. The van der Waals surface area contributed by atoms with Crippen molar-refractivity contribution in [3.05, 3.63) is 134 Å². The van der Waals surface area contributed by atoms with Gasteiger partial charge in [-0.25, -0.2) is 0 Å². The zero-order chi connectivity index (χ0) is 58.5. The fraction of sp³-hybridized carbons (Fsp3) is 0.667. The van der Waals surface area contributed by atoms with Crippen molar-refractivity contribution in [2.24, 2.45) is 0 Å². The molecule has 0 fully saturated rings. The Balaban J connectivity index is 4.34. The molecule has 1 atom stereocenters. The van der Waals surface area contributed by atoms with Gasteiger partial charge >= 0.3 is 17.9 Å². The van der Waals surface area contributed by atoms with Crippen LogP contribution in [-0.2, 0) is 28.6 Å². The lowest BCUT2D eigenvalue weighted by atomic mass is 10.0. The lowest BCUT2D eigenvalue weighted by Gasteiger charge is -2.18. The Morgan fingerprint density at radius 1 is 0.259 bits per heavy atom. The van der Waals surface area contributed by atoms with Crippen molar-refractivity contribution in [3.63, 3.8) is 0 Å². The minimum atomic E-state index is -0.798. The van der Waals surface area contributed by atoms with E-state index in [1.807, 2.05) is 0 Å². The SMILES string of the molecule is CC/C=C\C/C=C\C/C=C\C/C=C\C/C=C\CCCCCCCCCCCCCCCC(=O)OCC(COC(=O)CCCCCCC/C=C\C/C=C\CCCCC)OC(=O)CCCCCCCC/C=C\C/C=C\C/C=C\C/C=C\CC. The third kappa shape index (κ3) is 66.2. The smallest absolute Gasteiger partial charge is 0.306 e. The second kappa shape index (κ2) is 68.1. The molecular formula is C75H124O6. The highest BCUT2D eigenvalue weighted by Gasteiger charge is 2.19. The van der Waals surface area contributed by atoms with Gasteiger partial charge in [-0.3, -0.25) is 14.4 Å². The van der Waals surface area contributed by atoms with Gasteiger partial charge in [-0.2, -0.15) is 0 Å². The molecule has 0 saturated heterocycles. The Morgan fingerprint density at radius 2 is 0.481 bits per heavy atom. The molecule has 0 aromatic carbocycles. The zero-order valence-corrected chi connectivity index (χ0v) is 52.8. The van der Waals surface area contributed by atoms with E-state index in [-0.39, 0.29) is 31.1 Å². The first-order valence-electron chi connectivity index (χ1n) is 33.7. The molecule has 81 heavy (non-hydrogen) atoms. The molecule has 0 bridgehead atoms. The van der Waals surface area contributed by atoms with Crippen LogP contribution in [0.1, 0.15) is 303 Å². The Labute approximate surface area is 500 Å². The third-order valence-corrected chi connectivity index (χ3v) is 14.1. The highest BCUT2D eigenvalue weighted by Crippen LogP contribution is 2.16. The van der Waals surface area contributed by atoms with Gasteiger partial charge in [0.25, 0.3) is 0 Å². The first-order valence-corrected chi connectivity index (χ1v) is 33.7. The second-order valence-electron chi connectivity index (χ2n) is 22.0. The minimum absolute atomic E-state index is 0.0913. The first kappa shape index (κ1) is 76.5. The number of unbranched alkanes of at least 4 members (excludes halogenated alkanes) is 27. The number of allylic oxidation sites excluding steroid dienone is 22. The van der Waals surface area contributed by atoms with Crippen LogP contribution < -0.4 is 0 Å². The van der Waals surface area contributed by atoms with Crippen molar-refractivity contribution in [1.29, 1.82) is 0 Å². The zero-order valence-electron chi connectivity index (χ0n) is 52.8. The summed E-state index contributed by atoms with van der Waals surface area (Å²) < 4.78 is 16.9. The summed E-state index contributed by atoms with van der Waals surface area (Å²) in [5.74, 6) is -0.915. The van der Waals surface area contributed by atoms with Crippen LogP contribution >= 0.6 is 0 Å². The average molecular weight is 1120 g/mol. The summed E-state index contributed by atoms with van der Waals surface area (Å²) in [6, 6.07) is 0. The molecule has 0 aliphatic carbocycles. The van der Waals surface area contributed by atoms with Gasteiger partial charge in [-0.05, 0) is 135 Å². The minimum Gasteiger partial charge on any atom is -0.462 e. The largest absolute Gasteiger partial charge is 0.462 e. The summed E-state index contributed by atoms with van der Waals surface area (Å²) >= 11 is 0. The van der Waals surface area contributed by atoms with Crippen molar-refractivity contribution in [2.45, 2.75) is 309 Å². The third-order valence-electron chi connectivity index (χ3n) is 14.1. The maximum atomic E-state index is 12.9. The predicted octanol–water partition coefficient (Wildman–Crippen LogP) is 23.3. The van der Waals surface area contributed by atoms with E-state index >= 15 is 0 Å². The summed E-state index contributed by atoms with van der Waals surface area (Å²) in [5.41, 5.74) is 0. The summed E-state index contributed by atoms with van der Waals surface area (Å²) in [6.07, 6.45) is 96.0. The predicted molar refractivity (Wildman–Crippen MR) is 353 cm³/mol. The quantitative estimate of drug-likeness (QED) is 0.0261. The maximum Gasteiger partial charge on any atom is 0.306 e. The molecule has 0 heterocycles. The molecular weight excluding hydrogens is 997 g/mol. The molecule has 0 aromatic heterocycles. The number of carbonyl (C=O) groups is 3. The van der Waals surface area contributed by atoms with Crippen LogP contribution in [0.3, 0.4) is 0 Å². The van der Waals surface area contributed by atoms with Crippen molar-refractivity contribution >= 4 is 17.9 Å². The Morgan fingerprint density at radius 3 is 0.753 bits per heavy atom. The van der Waals surface area contributed by atoms with E-state index in [9.17, 15) is 14.4 Å². The Kier molecular flexibility index (Phi) is 64.3. The summed E-state index contributed by atoms with van der Waals surface area (Å²) in [6.45, 7) is 6.38. The standard InChI is InChI=1S/C75H124O6/c1-4-7-10-13-16-19-22-25-28-30-32-33-34-35-36-37-38-39-40-41-43-44-47-50-53-56-59-62-65-68-74(77)80-71-72(70-79-73(76)67-64-61-58-55-52-49-46-27-24-21-18-15-12-9-6-3)81-75(78)69-66-63-60-57-54-51-48-45-42-31-29-26-23-20-17-14-11-8-5-2/h7-8,10-11,16-21,25-29,32-33,35-36,42,45-46,72H,4-6,9,12-15,22-24,30-31,34,37-41,43-44,47-71H2,1-3H3/b10-7-,11-8-,19-16-,20-17-,21-18-,28-25-,29-26-,33-32-,36-35-,45-42-,46-27-. The van der Waals surface area contributed by atoms with Crippen molar-refractivity contribution in [1.82, 2.24) is 0 Å². The van der Waals surface area contributed by atoms with Crippen LogP contribution in [0.15, 0.2) is 134 Å². The molecule has 6 nitrogen and oxygen atoms in total. The van der Waals surface area contributed by atoms with Gasteiger partial charge in [-0.1, -0.05) is 283 Å². The number of esters is 3. The summed E-state index contributed by atoms with van der Waals surface area (Å²) in [5, 5.41) is 0. The monoisotopic (exact) mass is 1120 g/mol. The number of hydrogen-bond donors (Lipinski definition) is 0. The number of carbonyl (C=O) groups excluding carboxylic acids is 3. The normalized spacial score (nSPS) is 13.0. The molecule has 0 saturated carbocycles. The Bertz CT molecular complexity index is 1720. The van der Waals surface area contributed by atoms with Crippen LogP contribution in [0.2, 0.25) is 0 Å². The van der Waals surface area contributed by atoms with Crippen LogP contribution in [0, 0.1) is 0 Å². The molecule has 0 rings (SSSR count). The molecule has 0 N–H and O–H groups in total. The van der Waals surface area contributed by atoms with Crippen LogP contribution in [0.4, 0.5) is 0 Å². The van der Waals surface area contributed by atoms with E-state index < -0.39 is 6.10 Å². The van der Waals surface area contributed by atoms with E-state index in [0.29, 0.717) is 19.3 Å². The fourth-order valence-corrected chi connectivity index (χ4v) is 9.14. The fourth-order valence-electron chi connectivity index (χ4n) is 9.14. The molecule has 1 unspecified atom stereocenters. The van der Waals surface area contributed by atoms with E-state index in [0.717, 1.165) is 154 Å². The Hall–Kier alpha value is -4.45. The van der Waals surface area contributed by atoms with Gasteiger partial charge in [0, 0.05) is 19.3 Å². The van der Waals surface area contributed by atoms with Gasteiger partial charge in [0.05, 0.1) is 0 Å². The second-order valence-corrected chi connectivity index (χ2v) is 22.0. The van der Waals surface area contributed by atoms with E-state index in [2.05, 4.69) is 154 Å². The van der Waals surface area contributed by atoms with E-state index in [1.54, 1.807) is 0 Å². The van der Waals surface area contributed by atoms with Gasteiger partial charge in [0.1, 0.15) is 13.2 Å². The molecule has 0 amide bonds. The highest BCUT2D eigenvalue weighted by atomic mass is 16.6. The lowest BCUT2D eigenvalue weighted by Crippen LogP contribution is -2.30. The van der Waals surface area contributed by atoms with Crippen molar-refractivity contribution in [2.75, 3.05) is 13.2 Å². The van der Waals surface area contributed by atoms with E-state index in [4.69, 9.17) is 14.2 Å². The van der Waals surface area contributed by atoms with Crippen LogP contribution in [0.25, 0.3) is 0 Å². The van der Waals surface area contributed by atoms with Crippen molar-refractivity contribution in [3.8, 4) is 0 Å².